The average molecular weight is 265 g/mol. The smallest absolute Gasteiger partial charge is 0.164 e. The van der Waals surface area contributed by atoms with Gasteiger partial charge in [-0.1, -0.05) is 12.1 Å². The minimum absolute atomic E-state index is 0.0394. The normalized spacial score (nSPS) is 19.8. The molecule has 1 heterocycles. The van der Waals surface area contributed by atoms with E-state index in [-0.39, 0.29) is 24.2 Å². The fourth-order valence-corrected chi connectivity index (χ4v) is 2.55. The molecule has 0 saturated carbocycles. The summed E-state index contributed by atoms with van der Waals surface area (Å²) in [4.78, 5) is 14.1. The zero-order valence-corrected chi connectivity index (χ0v) is 11.2. The second-order valence-corrected chi connectivity index (χ2v) is 5.15. The fourth-order valence-electron chi connectivity index (χ4n) is 2.55. The maximum atomic E-state index is 13.4. The second-order valence-electron chi connectivity index (χ2n) is 5.15. The highest BCUT2D eigenvalue weighted by Gasteiger charge is 2.23. The molecule has 0 aliphatic carbocycles. The Morgan fingerprint density at radius 1 is 1.53 bits per heavy atom. The van der Waals surface area contributed by atoms with Crippen LogP contribution < -0.4 is 0 Å². The van der Waals surface area contributed by atoms with E-state index in [4.69, 9.17) is 0 Å². The number of aliphatic hydroxyl groups is 1. The molecular weight excluding hydrogens is 245 g/mol. The van der Waals surface area contributed by atoms with Gasteiger partial charge in [0.05, 0.1) is 6.61 Å². The lowest BCUT2D eigenvalue weighted by Gasteiger charge is -2.22. The molecule has 104 valence electrons. The van der Waals surface area contributed by atoms with Gasteiger partial charge in [-0.2, -0.15) is 0 Å². The molecule has 0 radical (unpaired) electrons. The van der Waals surface area contributed by atoms with Crippen LogP contribution in [-0.4, -0.2) is 41.5 Å². The van der Waals surface area contributed by atoms with Crippen LogP contribution in [0, 0.1) is 12.7 Å². The molecule has 1 aromatic rings. The molecule has 1 aromatic carbocycles. The number of rotatable bonds is 5. The Hall–Kier alpha value is -1.26. The van der Waals surface area contributed by atoms with E-state index in [0.717, 1.165) is 19.4 Å². The number of carbonyl (C=O) groups excluding carboxylic acids is 1. The Morgan fingerprint density at radius 2 is 2.32 bits per heavy atom. The lowest BCUT2D eigenvalue weighted by atomic mass is 10.1. The van der Waals surface area contributed by atoms with Gasteiger partial charge in [-0.05, 0) is 37.9 Å². The van der Waals surface area contributed by atoms with Crippen molar-refractivity contribution in [3.05, 3.63) is 35.1 Å². The van der Waals surface area contributed by atoms with Gasteiger partial charge in [-0.15, -0.1) is 0 Å². The van der Waals surface area contributed by atoms with E-state index >= 15 is 0 Å². The van der Waals surface area contributed by atoms with Crippen LogP contribution in [0.15, 0.2) is 18.2 Å². The summed E-state index contributed by atoms with van der Waals surface area (Å²) in [7, 11) is 0. The minimum atomic E-state index is -0.333. The second kappa shape index (κ2) is 6.26. The highest BCUT2D eigenvalue weighted by atomic mass is 19.1. The number of halogens is 1. The van der Waals surface area contributed by atoms with Crippen molar-refractivity contribution in [1.82, 2.24) is 4.90 Å². The van der Waals surface area contributed by atoms with E-state index in [0.29, 0.717) is 24.1 Å². The minimum Gasteiger partial charge on any atom is -0.395 e. The molecule has 1 fully saturated rings. The van der Waals surface area contributed by atoms with E-state index in [1.807, 2.05) is 0 Å². The molecule has 1 atom stereocenters. The number of hydrogen-bond donors (Lipinski definition) is 1. The largest absolute Gasteiger partial charge is 0.395 e. The number of benzene rings is 1. The maximum Gasteiger partial charge on any atom is 0.164 e. The number of nitrogens with zero attached hydrogens (tertiary/aromatic N) is 1. The van der Waals surface area contributed by atoms with Gasteiger partial charge in [0.15, 0.2) is 5.78 Å². The summed E-state index contributed by atoms with van der Waals surface area (Å²) < 4.78 is 13.4. The van der Waals surface area contributed by atoms with Gasteiger partial charge >= 0.3 is 0 Å². The van der Waals surface area contributed by atoms with Gasteiger partial charge in [0, 0.05) is 24.6 Å². The SMILES string of the molecule is Cc1ccc(C(=O)CCN2CCCC2CO)cc1F. The van der Waals surface area contributed by atoms with Crippen molar-refractivity contribution in [2.75, 3.05) is 19.7 Å². The number of aryl methyl sites for hydroxylation is 1. The van der Waals surface area contributed by atoms with Crippen molar-refractivity contribution in [1.29, 1.82) is 0 Å². The molecule has 1 saturated heterocycles. The Labute approximate surface area is 113 Å². The zero-order valence-electron chi connectivity index (χ0n) is 11.2. The van der Waals surface area contributed by atoms with Crippen LogP contribution in [0.4, 0.5) is 4.39 Å². The third kappa shape index (κ3) is 3.39. The quantitative estimate of drug-likeness (QED) is 0.829. The number of hydrogen-bond acceptors (Lipinski definition) is 3. The Bertz CT molecular complexity index is 461. The summed E-state index contributed by atoms with van der Waals surface area (Å²) >= 11 is 0. The van der Waals surface area contributed by atoms with Crippen molar-refractivity contribution in [3.63, 3.8) is 0 Å². The molecule has 19 heavy (non-hydrogen) atoms. The molecule has 1 unspecified atom stereocenters. The highest BCUT2D eigenvalue weighted by molar-refractivity contribution is 5.96. The van der Waals surface area contributed by atoms with E-state index in [9.17, 15) is 14.3 Å². The van der Waals surface area contributed by atoms with Gasteiger partial charge in [0.1, 0.15) is 5.82 Å². The summed E-state index contributed by atoms with van der Waals surface area (Å²) in [6.07, 6.45) is 2.43. The van der Waals surface area contributed by atoms with Crippen LogP contribution in [0.25, 0.3) is 0 Å². The average Bonchev–Trinajstić information content (AvgIpc) is 2.86. The molecule has 3 nitrogen and oxygen atoms in total. The Morgan fingerprint density at radius 3 is 3.00 bits per heavy atom. The van der Waals surface area contributed by atoms with E-state index in [2.05, 4.69) is 4.90 Å². The van der Waals surface area contributed by atoms with Gasteiger partial charge < -0.3 is 5.11 Å². The van der Waals surface area contributed by atoms with Crippen LogP contribution in [0.3, 0.4) is 0 Å². The summed E-state index contributed by atoms with van der Waals surface area (Å²) in [6, 6.07) is 4.80. The number of aliphatic hydroxyl groups excluding tert-OH is 1. The van der Waals surface area contributed by atoms with E-state index < -0.39 is 0 Å². The van der Waals surface area contributed by atoms with Crippen LogP contribution in [0.1, 0.15) is 35.2 Å². The summed E-state index contributed by atoms with van der Waals surface area (Å²) in [5.41, 5.74) is 0.985. The van der Waals surface area contributed by atoms with Crippen molar-refractivity contribution >= 4 is 5.78 Å². The van der Waals surface area contributed by atoms with Crippen LogP contribution in [-0.2, 0) is 0 Å². The van der Waals surface area contributed by atoms with Crippen molar-refractivity contribution in [3.8, 4) is 0 Å². The molecule has 0 amide bonds. The first-order valence-corrected chi connectivity index (χ1v) is 6.76. The number of likely N-dealkylation sites (tertiary alicyclic amines) is 1. The van der Waals surface area contributed by atoms with Gasteiger partial charge in [-0.3, -0.25) is 9.69 Å². The van der Waals surface area contributed by atoms with Crippen molar-refractivity contribution in [2.45, 2.75) is 32.2 Å². The lowest BCUT2D eigenvalue weighted by Crippen LogP contribution is -2.33. The van der Waals surface area contributed by atoms with Gasteiger partial charge in [-0.25, -0.2) is 4.39 Å². The third-order valence-electron chi connectivity index (χ3n) is 3.83. The molecule has 4 heteroatoms. The van der Waals surface area contributed by atoms with Crippen LogP contribution >= 0.6 is 0 Å². The first kappa shape index (κ1) is 14.2. The van der Waals surface area contributed by atoms with Gasteiger partial charge in [0.2, 0.25) is 0 Å². The first-order valence-electron chi connectivity index (χ1n) is 6.76. The monoisotopic (exact) mass is 265 g/mol. The molecule has 1 aliphatic rings. The number of ketones is 1. The summed E-state index contributed by atoms with van der Waals surface area (Å²) in [5.74, 6) is -0.372. The first-order chi connectivity index (χ1) is 9.11. The maximum absolute atomic E-state index is 13.4. The predicted octanol–water partition coefficient (Wildman–Crippen LogP) is 2.16. The molecular formula is C15H20FNO2. The van der Waals surface area contributed by atoms with Crippen LogP contribution in [0.5, 0.6) is 0 Å². The van der Waals surface area contributed by atoms with E-state index in [1.54, 1.807) is 19.1 Å². The molecule has 0 aromatic heterocycles. The van der Waals surface area contributed by atoms with Crippen LogP contribution in [0.2, 0.25) is 0 Å². The number of Topliss-reactive ketones (excluding diaryl/α,β-unsaturated/α-hetero) is 1. The molecule has 0 bridgehead atoms. The molecule has 1 aliphatic heterocycles. The Balaban J connectivity index is 1.92. The number of carbonyl (C=O) groups is 1. The topological polar surface area (TPSA) is 40.5 Å². The fraction of sp³-hybridized carbons (Fsp3) is 0.533. The summed E-state index contributed by atoms with van der Waals surface area (Å²) in [6.45, 7) is 3.40. The third-order valence-corrected chi connectivity index (χ3v) is 3.83. The molecule has 2 rings (SSSR count). The lowest BCUT2D eigenvalue weighted by molar-refractivity contribution is 0.0945. The predicted molar refractivity (Wildman–Crippen MR) is 71.8 cm³/mol. The molecule has 0 spiro atoms. The highest BCUT2D eigenvalue weighted by Crippen LogP contribution is 2.18. The molecule has 1 N–H and O–H groups in total. The zero-order chi connectivity index (χ0) is 13.8. The Kier molecular flexibility index (Phi) is 4.66. The van der Waals surface area contributed by atoms with Gasteiger partial charge in [0.25, 0.3) is 0 Å². The standard InChI is InChI=1S/C15H20FNO2/c1-11-4-5-12(9-14(11)16)15(19)6-8-17-7-2-3-13(17)10-18/h4-5,9,13,18H,2-3,6-8,10H2,1H3. The summed E-state index contributed by atoms with van der Waals surface area (Å²) in [5, 5.41) is 9.21. The van der Waals surface area contributed by atoms with Crippen molar-refractivity contribution < 1.29 is 14.3 Å². The van der Waals surface area contributed by atoms with E-state index in [1.165, 1.54) is 6.07 Å². The van der Waals surface area contributed by atoms with Crippen molar-refractivity contribution in [2.24, 2.45) is 0 Å².